The fourth-order valence-electron chi connectivity index (χ4n) is 3.17. The highest BCUT2D eigenvalue weighted by atomic mass is 35.5. The number of rotatable bonds is 6. The lowest BCUT2D eigenvalue weighted by Gasteiger charge is -2.28. The zero-order chi connectivity index (χ0) is 17.9. The minimum absolute atomic E-state index is 0.00903. The van der Waals surface area contributed by atoms with Crippen LogP contribution in [0.2, 0.25) is 10.0 Å². The van der Waals surface area contributed by atoms with Gasteiger partial charge in [0.1, 0.15) is 5.78 Å². The molecular weight excluding hydrogens is 367 g/mol. The smallest absolute Gasteiger partial charge is 0.152 e. The van der Waals surface area contributed by atoms with Gasteiger partial charge in [-0.3, -0.25) is 4.79 Å². The highest BCUT2D eigenvalue weighted by molar-refractivity contribution is 7.91. The second-order valence-electron chi connectivity index (χ2n) is 6.97. The van der Waals surface area contributed by atoms with Gasteiger partial charge in [0.05, 0.1) is 11.0 Å². The van der Waals surface area contributed by atoms with E-state index >= 15 is 0 Å². The number of sulfone groups is 1. The Hall–Kier alpha value is -0.580. The van der Waals surface area contributed by atoms with Crippen LogP contribution in [-0.4, -0.2) is 25.2 Å². The van der Waals surface area contributed by atoms with Crippen molar-refractivity contribution < 1.29 is 13.2 Å². The highest BCUT2D eigenvalue weighted by Crippen LogP contribution is 2.32. The zero-order valence-corrected chi connectivity index (χ0v) is 16.4. The van der Waals surface area contributed by atoms with Crippen LogP contribution in [0, 0.1) is 11.8 Å². The number of ketones is 1. The van der Waals surface area contributed by atoms with Gasteiger partial charge >= 0.3 is 0 Å². The SMILES string of the molecule is CC(C)S(=O)(=O)CC1CCC(C(=O)Cc2ccc(Cl)cc2Cl)CC1. The quantitative estimate of drug-likeness (QED) is 0.704. The second-order valence-corrected chi connectivity index (χ2v) is 10.4. The van der Waals surface area contributed by atoms with Crippen LogP contribution >= 0.6 is 23.2 Å². The summed E-state index contributed by atoms with van der Waals surface area (Å²) in [6.45, 7) is 3.45. The summed E-state index contributed by atoms with van der Waals surface area (Å²) in [5.41, 5.74) is 0.801. The zero-order valence-electron chi connectivity index (χ0n) is 14.1. The fraction of sp³-hybridized carbons (Fsp3) is 0.611. The molecule has 134 valence electrons. The van der Waals surface area contributed by atoms with Crippen molar-refractivity contribution in [1.29, 1.82) is 0 Å². The summed E-state index contributed by atoms with van der Waals surface area (Å²) in [5.74, 6) is 0.619. The summed E-state index contributed by atoms with van der Waals surface area (Å²) in [4.78, 5) is 12.5. The van der Waals surface area contributed by atoms with Crippen molar-refractivity contribution in [2.75, 3.05) is 5.75 Å². The molecule has 1 aliphatic carbocycles. The summed E-state index contributed by atoms with van der Waals surface area (Å²) in [6, 6.07) is 5.19. The Morgan fingerprint density at radius 2 is 1.79 bits per heavy atom. The Morgan fingerprint density at radius 3 is 2.33 bits per heavy atom. The van der Waals surface area contributed by atoms with Crippen LogP contribution in [0.15, 0.2) is 18.2 Å². The lowest BCUT2D eigenvalue weighted by Crippen LogP contribution is -2.29. The first-order chi connectivity index (χ1) is 11.2. The van der Waals surface area contributed by atoms with Crippen molar-refractivity contribution in [2.24, 2.45) is 11.8 Å². The lowest BCUT2D eigenvalue weighted by molar-refractivity contribution is -0.123. The van der Waals surface area contributed by atoms with E-state index in [1.54, 1.807) is 32.0 Å². The van der Waals surface area contributed by atoms with E-state index in [0.717, 1.165) is 31.2 Å². The van der Waals surface area contributed by atoms with Crippen LogP contribution in [0.4, 0.5) is 0 Å². The van der Waals surface area contributed by atoms with E-state index in [9.17, 15) is 13.2 Å². The molecule has 0 spiro atoms. The van der Waals surface area contributed by atoms with Gasteiger partial charge < -0.3 is 0 Å². The molecule has 1 aromatic rings. The van der Waals surface area contributed by atoms with Crippen molar-refractivity contribution >= 4 is 38.8 Å². The molecule has 0 radical (unpaired) electrons. The van der Waals surface area contributed by atoms with E-state index in [1.165, 1.54) is 0 Å². The predicted molar refractivity (Wildman–Crippen MR) is 99.5 cm³/mol. The number of carbonyl (C=O) groups is 1. The minimum atomic E-state index is -3.01. The van der Waals surface area contributed by atoms with E-state index in [2.05, 4.69) is 0 Å². The third kappa shape index (κ3) is 5.21. The largest absolute Gasteiger partial charge is 0.299 e. The first kappa shape index (κ1) is 19.7. The first-order valence-electron chi connectivity index (χ1n) is 8.37. The molecule has 6 heteroatoms. The van der Waals surface area contributed by atoms with E-state index in [-0.39, 0.29) is 28.6 Å². The molecule has 0 amide bonds. The number of carbonyl (C=O) groups excluding carboxylic acids is 1. The molecule has 0 aromatic heterocycles. The number of halogens is 2. The lowest BCUT2D eigenvalue weighted by atomic mass is 9.79. The molecule has 0 bridgehead atoms. The number of Topliss-reactive ketones (excluding diaryl/α,β-unsaturated/α-hetero) is 1. The molecule has 1 aliphatic rings. The molecule has 3 nitrogen and oxygen atoms in total. The average Bonchev–Trinajstić information content (AvgIpc) is 2.50. The van der Waals surface area contributed by atoms with Crippen LogP contribution in [-0.2, 0) is 21.1 Å². The maximum atomic E-state index is 12.5. The highest BCUT2D eigenvalue weighted by Gasteiger charge is 2.30. The molecule has 0 heterocycles. The van der Waals surface area contributed by atoms with Gasteiger partial charge in [-0.1, -0.05) is 29.3 Å². The van der Waals surface area contributed by atoms with Gasteiger partial charge in [0, 0.05) is 22.4 Å². The minimum Gasteiger partial charge on any atom is -0.299 e. The summed E-state index contributed by atoms with van der Waals surface area (Å²) >= 11 is 12.0. The molecule has 1 aromatic carbocycles. The third-order valence-electron chi connectivity index (χ3n) is 4.87. The third-order valence-corrected chi connectivity index (χ3v) is 7.83. The van der Waals surface area contributed by atoms with Crippen molar-refractivity contribution in [1.82, 2.24) is 0 Å². The van der Waals surface area contributed by atoms with E-state index in [0.29, 0.717) is 16.5 Å². The topological polar surface area (TPSA) is 51.2 Å². The van der Waals surface area contributed by atoms with Gasteiger partial charge in [0.25, 0.3) is 0 Å². The first-order valence-corrected chi connectivity index (χ1v) is 10.8. The number of hydrogen-bond acceptors (Lipinski definition) is 3. The van der Waals surface area contributed by atoms with Gasteiger partial charge in [-0.2, -0.15) is 0 Å². The van der Waals surface area contributed by atoms with Crippen molar-refractivity contribution in [3.8, 4) is 0 Å². The monoisotopic (exact) mass is 390 g/mol. The van der Waals surface area contributed by atoms with Gasteiger partial charge in [-0.05, 0) is 63.1 Å². The van der Waals surface area contributed by atoms with Crippen LogP contribution < -0.4 is 0 Å². The van der Waals surface area contributed by atoms with E-state index in [1.807, 2.05) is 0 Å². The maximum absolute atomic E-state index is 12.5. The Morgan fingerprint density at radius 1 is 1.17 bits per heavy atom. The van der Waals surface area contributed by atoms with Crippen LogP contribution in [0.5, 0.6) is 0 Å². The number of hydrogen-bond donors (Lipinski definition) is 0. The van der Waals surface area contributed by atoms with Crippen molar-refractivity contribution in [3.63, 3.8) is 0 Å². The Labute approximate surface area is 154 Å². The Bertz CT molecular complexity index is 690. The van der Waals surface area contributed by atoms with Crippen LogP contribution in [0.3, 0.4) is 0 Å². The summed E-state index contributed by atoms with van der Waals surface area (Å²) in [5, 5.41) is 0.750. The van der Waals surface area contributed by atoms with Gasteiger partial charge in [0.2, 0.25) is 0 Å². The number of benzene rings is 1. The summed E-state index contributed by atoms with van der Waals surface area (Å²) in [6.07, 6.45) is 3.45. The maximum Gasteiger partial charge on any atom is 0.152 e. The van der Waals surface area contributed by atoms with E-state index < -0.39 is 9.84 Å². The van der Waals surface area contributed by atoms with Crippen molar-refractivity contribution in [3.05, 3.63) is 33.8 Å². The molecule has 24 heavy (non-hydrogen) atoms. The molecule has 0 saturated heterocycles. The molecule has 0 N–H and O–H groups in total. The molecule has 0 unspecified atom stereocenters. The average molecular weight is 391 g/mol. The van der Waals surface area contributed by atoms with Gasteiger partial charge in [0.15, 0.2) is 9.84 Å². The molecule has 2 rings (SSSR count). The van der Waals surface area contributed by atoms with Gasteiger partial charge in [-0.15, -0.1) is 0 Å². The standard InChI is InChI=1S/C18H24Cl2O3S/c1-12(2)24(22,23)11-13-3-5-14(6-4-13)18(21)9-15-7-8-16(19)10-17(15)20/h7-8,10,12-14H,3-6,9,11H2,1-2H3. The predicted octanol–water partition coefficient (Wildman–Crippen LogP) is 4.73. The molecule has 0 atom stereocenters. The molecular formula is C18H24Cl2O3S. The summed E-state index contributed by atoms with van der Waals surface area (Å²) in [7, 11) is -3.01. The van der Waals surface area contributed by atoms with Crippen molar-refractivity contribution in [2.45, 2.75) is 51.2 Å². The molecule has 1 saturated carbocycles. The fourth-order valence-corrected chi connectivity index (χ4v) is 5.02. The summed E-state index contributed by atoms with van der Waals surface area (Å²) < 4.78 is 24.1. The second kappa shape index (κ2) is 8.20. The Kier molecular flexibility index (Phi) is 6.74. The normalized spacial score (nSPS) is 21.9. The van der Waals surface area contributed by atoms with Gasteiger partial charge in [-0.25, -0.2) is 8.42 Å². The molecule has 1 fully saturated rings. The van der Waals surface area contributed by atoms with Crippen LogP contribution in [0.25, 0.3) is 0 Å². The van der Waals surface area contributed by atoms with E-state index in [4.69, 9.17) is 23.2 Å². The molecule has 0 aliphatic heterocycles. The Balaban J connectivity index is 1.89. The van der Waals surface area contributed by atoms with Crippen LogP contribution in [0.1, 0.15) is 45.1 Å².